The molecule has 0 aliphatic rings. The van der Waals surface area contributed by atoms with Gasteiger partial charge in [0.05, 0.1) is 17.7 Å². The van der Waals surface area contributed by atoms with Gasteiger partial charge in [-0.1, -0.05) is 17.7 Å². The summed E-state index contributed by atoms with van der Waals surface area (Å²) in [5, 5.41) is 0. The number of aryl methyl sites for hydroxylation is 3. The molecule has 0 amide bonds. The first-order valence-corrected chi connectivity index (χ1v) is 12.2. The first-order valence-electron chi connectivity index (χ1n) is 9.31. The highest BCUT2D eigenvalue weighted by molar-refractivity contribution is 7.92. The predicted molar refractivity (Wildman–Crippen MR) is 119 cm³/mol. The minimum atomic E-state index is -4.07. The minimum absolute atomic E-state index is 0.0190. The van der Waals surface area contributed by atoms with E-state index in [1.165, 1.54) is 49.6 Å². The van der Waals surface area contributed by atoms with Crippen molar-refractivity contribution in [2.24, 2.45) is 0 Å². The van der Waals surface area contributed by atoms with E-state index < -0.39 is 20.1 Å². The highest BCUT2D eigenvalue weighted by Crippen LogP contribution is 2.30. The third kappa shape index (κ3) is 5.18. The van der Waals surface area contributed by atoms with E-state index in [1.807, 2.05) is 6.92 Å². The molecule has 3 aromatic carbocycles. The topological polar surface area (TPSA) is 98.8 Å². The fraction of sp³-hybridized carbons (Fsp3) is 0.182. The highest BCUT2D eigenvalue weighted by Gasteiger charge is 2.20. The number of sulfonamides is 1. The van der Waals surface area contributed by atoms with Gasteiger partial charge in [-0.2, -0.15) is 8.42 Å². The molecule has 9 heteroatoms. The van der Waals surface area contributed by atoms with Crippen LogP contribution in [-0.4, -0.2) is 23.9 Å². The lowest BCUT2D eigenvalue weighted by molar-refractivity contribution is 0.414. The highest BCUT2D eigenvalue weighted by atomic mass is 32.2. The monoisotopic (exact) mass is 461 g/mol. The van der Waals surface area contributed by atoms with E-state index >= 15 is 0 Å². The summed E-state index contributed by atoms with van der Waals surface area (Å²) < 4.78 is 63.5. The Balaban J connectivity index is 1.87. The van der Waals surface area contributed by atoms with Gasteiger partial charge in [-0.15, -0.1) is 0 Å². The molecule has 0 heterocycles. The largest absolute Gasteiger partial charge is 0.497 e. The molecule has 0 aliphatic carbocycles. The van der Waals surface area contributed by atoms with Crippen molar-refractivity contribution in [3.05, 3.63) is 77.4 Å². The lowest BCUT2D eigenvalue weighted by atomic mass is 10.1. The van der Waals surface area contributed by atoms with Gasteiger partial charge in [-0.3, -0.25) is 4.72 Å². The summed E-state index contributed by atoms with van der Waals surface area (Å²) in [5.74, 6) is 0.641. The third-order valence-electron chi connectivity index (χ3n) is 4.65. The van der Waals surface area contributed by atoms with Crippen LogP contribution in [0.1, 0.15) is 16.7 Å². The number of methoxy groups -OCH3 is 1. The SMILES string of the molecule is COc1ccc(S(=O)(=O)Oc2cc(C)c(NS(=O)(=O)c3ccc(C)cc3)cc2C)cc1. The van der Waals surface area contributed by atoms with Crippen LogP contribution in [0.5, 0.6) is 11.5 Å². The summed E-state index contributed by atoms with van der Waals surface area (Å²) >= 11 is 0. The summed E-state index contributed by atoms with van der Waals surface area (Å²) in [6, 6.07) is 15.3. The Morgan fingerprint density at radius 3 is 1.90 bits per heavy atom. The van der Waals surface area contributed by atoms with Crippen molar-refractivity contribution in [1.29, 1.82) is 0 Å². The Morgan fingerprint density at radius 1 is 0.742 bits per heavy atom. The fourth-order valence-electron chi connectivity index (χ4n) is 2.82. The van der Waals surface area contributed by atoms with Gasteiger partial charge >= 0.3 is 10.1 Å². The molecule has 0 aromatic heterocycles. The number of hydrogen-bond acceptors (Lipinski definition) is 6. The molecule has 0 spiro atoms. The Hall–Kier alpha value is -3.04. The summed E-state index contributed by atoms with van der Waals surface area (Å²) in [4.78, 5) is 0.118. The second-order valence-corrected chi connectivity index (χ2v) is 10.3. The molecule has 3 aromatic rings. The summed E-state index contributed by atoms with van der Waals surface area (Å²) in [7, 11) is -6.37. The van der Waals surface area contributed by atoms with E-state index in [1.54, 1.807) is 32.0 Å². The van der Waals surface area contributed by atoms with Crippen molar-refractivity contribution < 1.29 is 25.8 Å². The number of rotatable bonds is 7. The maximum absolute atomic E-state index is 12.7. The number of ether oxygens (including phenoxy) is 1. The maximum Gasteiger partial charge on any atom is 0.339 e. The molecular weight excluding hydrogens is 438 g/mol. The molecule has 0 unspecified atom stereocenters. The molecule has 0 atom stereocenters. The second-order valence-electron chi connectivity index (χ2n) is 7.06. The van der Waals surface area contributed by atoms with Crippen LogP contribution >= 0.6 is 0 Å². The van der Waals surface area contributed by atoms with Crippen LogP contribution in [0.4, 0.5) is 5.69 Å². The average molecular weight is 462 g/mol. The van der Waals surface area contributed by atoms with Gasteiger partial charge in [0, 0.05) is 0 Å². The zero-order valence-electron chi connectivity index (χ0n) is 17.5. The lowest BCUT2D eigenvalue weighted by Gasteiger charge is -2.15. The van der Waals surface area contributed by atoms with E-state index in [0.29, 0.717) is 22.6 Å². The first-order chi connectivity index (χ1) is 14.5. The van der Waals surface area contributed by atoms with Gasteiger partial charge in [0.25, 0.3) is 10.0 Å². The van der Waals surface area contributed by atoms with E-state index in [0.717, 1.165) is 5.56 Å². The molecule has 0 saturated carbocycles. The van der Waals surface area contributed by atoms with Crippen LogP contribution in [0.3, 0.4) is 0 Å². The standard InChI is InChI=1S/C22H23NO6S2/c1-15-5-9-19(10-6-15)30(24,25)23-21-13-17(3)22(14-16(21)2)29-31(26,27)20-11-7-18(28-4)8-12-20/h5-14,23H,1-4H3. The Bertz CT molecular complexity index is 1300. The molecule has 31 heavy (non-hydrogen) atoms. The summed E-state index contributed by atoms with van der Waals surface area (Å²) in [6.07, 6.45) is 0. The van der Waals surface area contributed by atoms with Crippen molar-refractivity contribution in [3.8, 4) is 11.5 Å². The van der Waals surface area contributed by atoms with Crippen molar-refractivity contribution in [2.45, 2.75) is 30.6 Å². The summed E-state index contributed by atoms with van der Waals surface area (Å²) in [5.41, 5.74) is 2.27. The quantitative estimate of drug-likeness (QED) is 0.530. The molecule has 1 N–H and O–H groups in total. The smallest absolute Gasteiger partial charge is 0.339 e. The average Bonchev–Trinajstić information content (AvgIpc) is 2.71. The van der Waals surface area contributed by atoms with Gasteiger partial charge in [0.2, 0.25) is 0 Å². The Morgan fingerprint density at radius 2 is 1.32 bits per heavy atom. The number of nitrogens with one attached hydrogen (secondary N) is 1. The Labute approximate surface area is 182 Å². The van der Waals surface area contributed by atoms with E-state index in [9.17, 15) is 16.8 Å². The number of anilines is 1. The zero-order valence-corrected chi connectivity index (χ0v) is 19.2. The first kappa shape index (κ1) is 22.6. The zero-order chi connectivity index (χ0) is 22.8. The van der Waals surface area contributed by atoms with Crippen LogP contribution in [0.2, 0.25) is 0 Å². The number of benzene rings is 3. The third-order valence-corrected chi connectivity index (χ3v) is 7.28. The summed E-state index contributed by atoms with van der Waals surface area (Å²) in [6.45, 7) is 5.18. The van der Waals surface area contributed by atoms with Gasteiger partial charge < -0.3 is 8.92 Å². The molecule has 0 aliphatic heterocycles. The van der Waals surface area contributed by atoms with Crippen LogP contribution in [0.25, 0.3) is 0 Å². The van der Waals surface area contributed by atoms with E-state index in [2.05, 4.69) is 4.72 Å². The molecule has 0 fully saturated rings. The van der Waals surface area contributed by atoms with Crippen molar-refractivity contribution >= 4 is 25.8 Å². The van der Waals surface area contributed by atoms with Gasteiger partial charge in [-0.25, -0.2) is 8.42 Å². The van der Waals surface area contributed by atoms with Crippen molar-refractivity contribution in [2.75, 3.05) is 11.8 Å². The van der Waals surface area contributed by atoms with Crippen LogP contribution in [-0.2, 0) is 20.1 Å². The van der Waals surface area contributed by atoms with E-state index in [4.69, 9.17) is 8.92 Å². The van der Waals surface area contributed by atoms with Crippen molar-refractivity contribution in [1.82, 2.24) is 0 Å². The predicted octanol–water partition coefficient (Wildman–Crippen LogP) is 4.19. The molecule has 0 bridgehead atoms. The van der Waals surface area contributed by atoms with Gasteiger partial charge in [-0.05, 0) is 80.4 Å². The van der Waals surface area contributed by atoms with Crippen LogP contribution < -0.4 is 13.6 Å². The van der Waals surface area contributed by atoms with Crippen LogP contribution in [0.15, 0.2) is 70.5 Å². The van der Waals surface area contributed by atoms with E-state index in [-0.39, 0.29) is 15.5 Å². The molecule has 0 radical (unpaired) electrons. The maximum atomic E-state index is 12.7. The molecule has 3 rings (SSSR count). The van der Waals surface area contributed by atoms with Gasteiger partial charge in [0.1, 0.15) is 16.4 Å². The number of hydrogen-bond donors (Lipinski definition) is 1. The van der Waals surface area contributed by atoms with Crippen LogP contribution in [0, 0.1) is 20.8 Å². The normalized spacial score (nSPS) is 11.7. The molecular formula is C22H23NO6S2. The molecule has 0 saturated heterocycles. The van der Waals surface area contributed by atoms with Crippen molar-refractivity contribution in [3.63, 3.8) is 0 Å². The minimum Gasteiger partial charge on any atom is -0.497 e. The molecule has 164 valence electrons. The fourth-order valence-corrected chi connectivity index (χ4v) is 4.92. The van der Waals surface area contributed by atoms with Gasteiger partial charge in [0.15, 0.2) is 0 Å². The molecule has 7 nitrogen and oxygen atoms in total. The second kappa shape index (κ2) is 8.60. The lowest BCUT2D eigenvalue weighted by Crippen LogP contribution is -2.15. The Kier molecular flexibility index (Phi) is 6.28.